The van der Waals surface area contributed by atoms with Gasteiger partial charge in [0.25, 0.3) is 0 Å². The van der Waals surface area contributed by atoms with Crippen LogP contribution in [0.5, 0.6) is 5.75 Å². The van der Waals surface area contributed by atoms with Crippen molar-refractivity contribution in [2.24, 2.45) is 0 Å². The fraction of sp³-hybridized carbons (Fsp3) is 0.118. The lowest BCUT2D eigenvalue weighted by Gasteiger charge is -2.02. The molecule has 0 saturated carbocycles. The lowest BCUT2D eigenvalue weighted by atomic mass is 10.1. The highest BCUT2D eigenvalue weighted by Gasteiger charge is 2.20. The van der Waals surface area contributed by atoms with E-state index in [1.165, 1.54) is 11.8 Å². The largest absolute Gasteiger partial charge is 0.497 e. The van der Waals surface area contributed by atoms with Crippen molar-refractivity contribution in [3.05, 3.63) is 59.8 Å². The number of methoxy groups -OCH3 is 1. The summed E-state index contributed by atoms with van der Waals surface area (Å²) >= 11 is 0. The average molecular weight is 310 g/mol. The van der Waals surface area contributed by atoms with Gasteiger partial charge in [-0.3, -0.25) is 14.3 Å². The summed E-state index contributed by atoms with van der Waals surface area (Å²) < 4.78 is 6.47. The Hall–Kier alpha value is -3.15. The minimum absolute atomic E-state index is 0.232. The first-order valence-electron chi connectivity index (χ1n) is 6.96. The highest BCUT2D eigenvalue weighted by atomic mass is 16.5. The standard InChI is InChI=1S/C17H14N2O4/c1-23-12-7-8-13-14(9-12)19(10-15(20)21)18-16(13)17(22)11-5-3-2-4-6-11/h2-9H,10H2,1H3,(H,20,21). The number of nitrogens with zero attached hydrogens (tertiary/aromatic N) is 2. The summed E-state index contributed by atoms with van der Waals surface area (Å²) in [5.74, 6) is -0.705. The smallest absolute Gasteiger partial charge is 0.325 e. The van der Waals surface area contributed by atoms with Gasteiger partial charge in [0, 0.05) is 17.0 Å². The van der Waals surface area contributed by atoms with Gasteiger partial charge < -0.3 is 9.84 Å². The summed E-state index contributed by atoms with van der Waals surface area (Å²) in [6.07, 6.45) is 0. The molecule has 3 rings (SSSR count). The van der Waals surface area contributed by atoms with E-state index in [0.29, 0.717) is 22.2 Å². The van der Waals surface area contributed by atoms with Gasteiger partial charge in [0.2, 0.25) is 5.78 Å². The number of aliphatic carboxylic acids is 1. The zero-order valence-electron chi connectivity index (χ0n) is 12.4. The van der Waals surface area contributed by atoms with Gasteiger partial charge >= 0.3 is 5.97 Å². The molecule has 1 heterocycles. The first-order valence-corrected chi connectivity index (χ1v) is 6.96. The quantitative estimate of drug-likeness (QED) is 0.732. The van der Waals surface area contributed by atoms with Crippen molar-refractivity contribution >= 4 is 22.7 Å². The molecule has 116 valence electrons. The summed E-state index contributed by atoms with van der Waals surface area (Å²) in [6, 6.07) is 13.9. The number of hydrogen-bond donors (Lipinski definition) is 1. The maximum absolute atomic E-state index is 12.7. The van der Waals surface area contributed by atoms with Gasteiger partial charge in [-0.2, -0.15) is 5.10 Å². The number of hydrogen-bond acceptors (Lipinski definition) is 4. The van der Waals surface area contributed by atoms with Gasteiger partial charge in [-0.05, 0) is 12.1 Å². The van der Waals surface area contributed by atoms with Crippen molar-refractivity contribution in [3.8, 4) is 5.75 Å². The molecule has 0 unspecified atom stereocenters. The molecule has 0 spiro atoms. The SMILES string of the molecule is COc1ccc2c(C(=O)c3ccccc3)nn(CC(=O)O)c2c1. The summed E-state index contributed by atoms with van der Waals surface area (Å²) in [7, 11) is 1.52. The summed E-state index contributed by atoms with van der Waals surface area (Å²) in [6.45, 7) is -0.328. The van der Waals surface area contributed by atoms with Crippen molar-refractivity contribution in [1.82, 2.24) is 9.78 Å². The van der Waals surface area contributed by atoms with Crippen molar-refractivity contribution in [3.63, 3.8) is 0 Å². The van der Waals surface area contributed by atoms with Crippen LogP contribution in [0, 0.1) is 0 Å². The second-order valence-electron chi connectivity index (χ2n) is 4.98. The molecule has 0 radical (unpaired) electrons. The Labute approximate surface area is 131 Å². The van der Waals surface area contributed by atoms with Crippen LogP contribution in [0.15, 0.2) is 48.5 Å². The molecule has 0 aliphatic rings. The number of carbonyl (C=O) groups excluding carboxylic acids is 1. The highest BCUT2D eigenvalue weighted by Crippen LogP contribution is 2.25. The molecule has 6 nitrogen and oxygen atoms in total. The van der Waals surface area contributed by atoms with Crippen molar-refractivity contribution in [2.75, 3.05) is 7.11 Å². The molecule has 2 aromatic carbocycles. The summed E-state index contributed by atoms with van der Waals surface area (Å²) in [4.78, 5) is 23.7. The first kappa shape index (κ1) is 14.8. The number of carbonyl (C=O) groups is 2. The fourth-order valence-electron chi connectivity index (χ4n) is 2.42. The number of rotatable bonds is 5. The highest BCUT2D eigenvalue weighted by molar-refractivity contribution is 6.15. The van der Waals surface area contributed by atoms with E-state index in [0.717, 1.165) is 0 Å². The van der Waals surface area contributed by atoms with Crippen LogP contribution in [0.3, 0.4) is 0 Å². The molecule has 0 amide bonds. The molecule has 0 bridgehead atoms. The molecule has 23 heavy (non-hydrogen) atoms. The third-order valence-electron chi connectivity index (χ3n) is 3.49. The number of carboxylic acids is 1. The van der Waals surface area contributed by atoms with Crippen molar-refractivity contribution in [2.45, 2.75) is 6.54 Å². The zero-order chi connectivity index (χ0) is 16.4. The van der Waals surface area contributed by atoms with Gasteiger partial charge in [-0.25, -0.2) is 0 Å². The van der Waals surface area contributed by atoms with Gasteiger partial charge in [0.1, 0.15) is 18.0 Å². The Balaban J connectivity index is 2.17. The monoisotopic (exact) mass is 310 g/mol. The third kappa shape index (κ3) is 2.78. The number of ketones is 1. The minimum atomic E-state index is -1.03. The van der Waals surface area contributed by atoms with Crippen LogP contribution in [-0.4, -0.2) is 33.7 Å². The van der Waals surface area contributed by atoms with Crippen LogP contribution in [0.2, 0.25) is 0 Å². The Bertz CT molecular complexity index is 884. The summed E-state index contributed by atoms with van der Waals surface area (Å²) in [5.41, 5.74) is 1.28. The molecule has 3 aromatic rings. The first-order chi connectivity index (χ1) is 11.1. The van der Waals surface area contributed by atoms with Crippen LogP contribution < -0.4 is 4.74 Å². The Kier molecular flexibility index (Phi) is 3.80. The molecular weight excluding hydrogens is 296 g/mol. The Morgan fingerprint density at radius 2 is 1.91 bits per heavy atom. The molecule has 6 heteroatoms. The molecule has 0 aliphatic heterocycles. The van der Waals surface area contributed by atoms with Gasteiger partial charge in [0.05, 0.1) is 12.6 Å². The second-order valence-corrected chi connectivity index (χ2v) is 4.98. The average Bonchev–Trinajstić information content (AvgIpc) is 2.92. The van der Waals surface area contributed by atoms with Crippen LogP contribution >= 0.6 is 0 Å². The predicted octanol–water partition coefficient (Wildman–Crippen LogP) is 2.36. The van der Waals surface area contributed by atoms with E-state index in [4.69, 9.17) is 9.84 Å². The van der Waals surface area contributed by atoms with Crippen LogP contribution in [-0.2, 0) is 11.3 Å². The molecular formula is C17H14N2O4. The molecule has 0 atom stereocenters. The van der Waals surface area contributed by atoms with E-state index in [9.17, 15) is 9.59 Å². The number of carboxylic acid groups (broad SMARTS) is 1. The maximum Gasteiger partial charge on any atom is 0.325 e. The topological polar surface area (TPSA) is 81.4 Å². The molecule has 1 aromatic heterocycles. The Morgan fingerprint density at radius 3 is 2.57 bits per heavy atom. The number of ether oxygens (including phenoxy) is 1. The van der Waals surface area contributed by atoms with Crippen LogP contribution in [0.25, 0.3) is 10.9 Å². The summed E-state index contributed by atoms with van der Waals surface area (Å²) in [5, 5.41) is 13.9. The van der Waals surface area contributed by atoms with E-state index >= 15 is 0 Å². The second kappa shape index (κ2) is 5.92. The third-order valence-corrected chi connectivity index (χ3v) is 3.49. The van der Waals surface area contributed by atoms with Crippen molar-refractivity contribution in [1.29, 1.82) is 0 Å². The zero-order valence-corrected chi connectivity index (χ0v) is 12.4. The van der Waals surface area contributed by atoms with Gasteiger partial charge in [0.15, 0.2) is 0 Å². The number of fused-ring (bicyclic) bond motifs is 1. The molecule has 0 aliphatic carbocycles. The molecule has 0 saturated heterocycles. The minimum Gasteiger partial charge on any atom is -0.497 e. The maximum atomic E-state index is 12.7. The molecule has 1 N–H and O–H groups in total. The van der Waals surface area contributed by atoms with Gasteiger partial charge in [-0.1, -0.05) is 30.3 Å². The lowest BCUT2D eigenvalue weighted by Crippen LogP contribution is -2.11. The predicted molar refractivity (Wildman–Crippen MR) is 83.8 cm³/mol. The molecule has 0 fully saturated rings. The van der Waals surface area contributed by atoms with E-state index < -0.39 is 5.97 Å². The van der Waals surface area contributed by atoms with Crippen LogP contribution in [0.1, 0.15) is 16.1 Å². The number of benzene rings is 2. The van der Waals surface area contributed by atoms with E-state index in [-0.39, 0.29) is 18.0 Å². The van der Waals surface area contributed by atoms with E-state index in [2.05, 4.69) is 5.10 Å². The van der Waals surface area contributed by atoms with Crippen LogP contribution in [0.4, 0.5) is 0 Å². The van der Waals surface area contributed by atoms with Gasteiger partial charge in [-0.15, -0.1) is 0 Å². The number of aromatic nitrogens is 2. The lowest BCUT2D eigenvalue weighted by molar-refractivity contribution is -0.137. The van der Waals surface area contributed by atoms with E-state index in [1.54, 1.807) is 42.5 Å². The Morgan fingerprint density at radius 1 is 1.17 bits per heavy atom. The van der Waals surface area contributed by atoms with E-state index in [1.807, 2.05) is 6.07 Å². The fourth-order valence-corrected chi connectivity index (χ4v) is 2.42. The normalized spacial score (nSPS) is 10.7. The van der Waals surface area contributed by atoms with Crippen molar-refractivity contribution < 1.29 is 19.4 Å².